The molecule has 0 radical (unpaired) electrons. The molecule has 1 aromatic rings. The summed E-state index contributed by atoms with van der Waals surface area (Å²) in [4.78, 5) is 12.9. The molecular formula is C9H5Cl2F3N2O2. The van der Waals surface area contributed by atoms with Gasteiger partial charge in [0.2, 0.25) is 5.17 Å². The minimum atomic E-state index is -4.72. The van der Waals surface area contributed by atoms with Gasteiger partial charge in [-0.15, -0.1) is 0 Å². The molecule has 98 valence electrons. The Labute approximate surface area is 109 Å². The molecular weight excluding hydrogens is 296 g/mol. The minimum Gasteiger partial charge on any atom is -0.265 e. The third-order valence-electron chi connectivity index (χ3n) is 1.84. The van der Waals surface area contributed by atoms with E-state index < -0.39 is 28.5 Å². The van der Waals surface area contributed by atoms with E-state index in [0.717, 1.165) is 6.07 Å². The van der Waals surface area contributed by atoms with E-state index in [1.165, 1.54) is 12.1 Å². The fourth-order valence-corrected chi connectivity index (χ4v) is 1.29. The lowest BCUT2D eigenvalue weighted by Gasteiger charge is -2.03. The molecule has 1 rings (SSSR count). The van der Waals surface area contributed by atoms with Crippen LogP contribution >= 0.6 is 23.2 Å². The number of benzene rings is 1. The molecule has 18 heavy (non-hydrogen) atoms. The molecule has 0 unspecified atom stereocenters. The van der Waals surface area contributed by atoms with Crippen molar-refractivity contribution in [3.05, 3.63) is 38.9 Å². The van der Waals surface area contributed by atoms with Gasteiger partial charge in [0, 0.05) is 6.07 Å². The number of nitrogens with zero attached hydrogens (tertiary/aromatic N) is 2. The number of hydrogen-bond acceptors (Lipinski definition) is 3. The van der Waals surface area contributed by atoms with Gasteiger partial charge in [0.15, 0.2) is 0 Å². The first-order chi connectivity index (χ1) is 8.21. The highest BCUT2D eigenvalue weighted by molar-refractivity contribution is 6.66. The Morgan fingerprint density at radius 3 is 2.56 bits per heavy atom. The number of aliphatic imine (C=N–C) groups is 1. The highest BCUT2D eigenvalue weighted by Crippen LogP contribution is 2.26. The van der Waals surface area contributed by atoms with Gasteiger partial charge >= 0.3 is 6.18 Å². The first kappa shape index (κ1) is 14.7. The normalized spacial score (nSPS) is 12.6. The SMILES string of the molecule is O=[N+]([O-])c1cc(CN=C(Cl)C(F)(F)F)ccc1Cl. The second-order valence-electron chi connectivity index (χ2n) is 3.15. The van der Waals surface area contributed by atoms with Crippen LogP contribution in [0, 0.1) is 10.1 Å². The van der Waals surface area contributed by atoms with Gasteiger partial charge in [-0.3, -0.25) is 15.1 Å². The summed E-state index contributed by atoms with van der Waals surface area (Å²) in [6, 6.07) is 3.60. The molecule has 0 atom stereocenters. The van der Waals surface area contributed by atoms with Crippen LogP contribution in [0.25, 0.3) is 0 Å². The smallest absolute Gasteiger partial charge is 0.265 e. The van der Waals surface area contributed by atoms with E-state index in [-0.39, 0.29) is 10.6 Å². The molecule has 0 saturated heterocycles. The highest BCUT2D eigenvalue weighted by atomic mass is 35.5. The fraction of sp³-hybridized carbons (Fsp3) is 0.222. The Hall–Kier alpha value is -1.34. The first-order valence-electron chi connectivity index (χ1n) is 4.42. The highest BCUT2D eigenvalue weighted by Gasteiger charge is 2.34. The van der Waals surface area contributed by atoms with Crippen LogP contribution in [0.3, 0.4) is 0 Å². The van der Waals surface area contributed by atoms with Crippen LogP contribution in [-0.4, -0.2) is 16.3 Å². The van der Waals surface area contributed by atoms with E-state index in [2.05, 4.69) is 4.99 Å². The lowest BCUT2D eigenvalue weighted by Crippen LogP contribution is -2.17. The van der Waals surface area contributed by atoms with Crippen molar-refractivity contribution >= 4 is 34.1 Å². The number of rotatable bonds is 3. The molecule has 0 bridgehead atoms. The lowest BCUT2D eigenvalue weighted by atomic mass is 10.2. The zero-order valence-electron chi connectivity index (χ0n) is 8.54. The van der Waals surface area contributed by atoms with Crippen LogP contribution < -0.4 is 0 Å². The summed E-state index contributed by atoms with van der Waals surface area (Å²) < 4.78 is 36.1. The van der Waals surface area contributed by atoms with Crippen molar-refractivity contribution < 1.29 is 18.1 Å². The van der Waals surface area contributed by atoms with Gasteiger partial charge in [-0.1, -0.05) is 29.3 Å². The predicted octanol–water partition coefficient (Wildman–Crippen LogP) is 3.95. The van der Waals surface area contributed by atoms with Gasteiger partial charge in [-0.05, 0) is 11.6 Å². The molecule has 1 aromatic carbocycles. The molecule has 9 heteroatoms. The van der Waals surface area contributed by atoms with Gasteiger partial charge in [-0.25, -0.2) is 0 Å². The summed E-state index contributed by atoms with van der Waals surface area (Å²) >= 11 is 10.4. The third-order valence-corrected chi connectivity index (χ3v) is 2.50. The summed E-state index contributed by atoms with van der Waals surface area (Å²) in [7, 11) is 0. The maximum absolute atomic E-state index is 12.0. The summed E-state index contributed by atoms with van der Waals surface area (Å²) in [6.07, 6.45) is -4.72. The van der Waals surface area contributed by atoms with Crippen LogP contribution in [-0.2, 0) is 6.54 Å². The minimum absolute atomic E-state index is 0.102. The van der Waals surface area contributed by atoms with Gasteiger partial charge in [0.1, 0.15) is 5.02 Å². The van der Waals surface area contributed by atoms with Crippen molar-refractivity contribution in [2.45, 2.75) is 12.7 Å². The van der Waals surface area contributed by atoms with Crippen molar-refractivity contribution in [2.24, 2.45) is 4.99 Å². The zero-order chi connectivity index (χ0) is 13.9. The lowest BCUT2D eigenvalue weighted by molar-refractivity contribution is -0.384. The van der Waals surface area contributed by atoms with E-state index >= 15 is 0 Å². The Kier molecular flexibility index (Phi) is 4.53. The molecule has 0 fully saturated rings. The van der Waals surface area contributed by atoms with Crippen molar-refractivity contribution in [1.82, 2.24) is 0 Å². The third kappa shape index (κ3) is 3.85. The van der Waals surface area contributed by atoms with E-state index in [9.17, 15) is 23.3 Å². The monoisotopic (exact) mass is 300 g/mol. The number of hydrogen-bond donors (Lipinski definition) is 0. The number of halogens is 5. The standard InChI is InChI=1S/C9H5Cl2F3N2O2/c10-6-2-1-5(3-7(6)16(17)18)4-15-8(11)9(12,13)14/h1-3H,4H2. The average molecular weight is 301 g/mol. The van der Waals surface area contributed by atoms with E-state index in [1.54, 1.807) is 0 Å². The van der Waals surface area contributed by atoms with Gasteiger partial charge < -0.3 is 0 Å². The molecule has 0 amide bonds. The fourth-order valence-electron chi connectivity index (χ4n) is 1.05. The number of nitro groups is 1. The van der Waals surface area contributed by atoms with E-state index in [0.29, 0.717) is 0 Å². The maximum Gasteiger partial charge on any atom is 0.444 e. The van der Waals surface area contributed by atoms with Crippen molar-refractivity contribution in [3.63, 3.8) is 0 Å². The largest absolute Gasteiger partial charge is 0.444 e. The maximum atomic E-state index is 12.0. The van der Waals surface area contributed by atoms with Crippen molar-refractivity contribution in [3.8, 4) is 0 Å². The van der Waals surface area contributed by atoms with Crippen molar-refractivity contribution in [1.29, 1.82) is 0 Å². The Balaban J connectivity index is 2.94. The van der Waals surface area contributed by atoms with Gasteiger partial charge in [0.25, 0.3) is 5.69 Å². The molecule has 0 aromatic heterocycles. The quantitative estimate of drug-likeness (QED) is 0.482. The Morgan fingerprint density at radius 1 is 1.44 bits per heavy atom. The van der Waals surface area contributed by atoms with Crippen LogP contribution in [0.5, 0.6) is 0 Å². The Bertz CT molecular complexity index is 503. The second kappa shape index (κ2) is 5.53. The van der Waals surface area contributed by atoms with Crippen LogP contribution in [0.4, 0.5) is 18.9 Å². The summed E-state index contributed by atoms with van der Waals surface area (Å²) in [5.74, 6) is 0. The molecule has 0 heterocycles. The van der Waals surface area contributed by atoms with E-state index in [4.69, 9.17) is 23.2 Å². The molecule has 0 aliphatic carbocycles. The summed E-state index contributed by atoms with van der Waals surface area (Å²) in [6.45, 7) is -0.420. The molecule has 0 aliphatic rings. The molecule has 4 nitrogen and oxygen atoms in total. The topological polar surface area (TPSA) is 55.5 Å². The first-order valence-corrected chi connectivity index (χ1v) is 5.17. The number of alkyl halides is 3. The average Bonchev–Trinajstić information content (AvgIpc) is 2.25. The van der Waals surface area contributed by atoms with Crippen LogP contribution in [0.2, 0.25) is 5.02 Å². The van der Waals surface area contributed by atoms with Crippen molar-refractivity contribution in [2.75, 3.05) is 0 Å². The van der Waals surface area contributed by atoms with Crippen LogP contribution in [0.1, 0.15) is 5.56 Å². The predicted molar refractivity (Wildman–Crippen MR) is 61.2 cm³/mol. The number of nitro benzene ring substituents is 1. The molecule has 0 N–H and O–H groups in total. The zero-order valence-corrected chi connectivity index (χ0v) is 10.1. The molecule has 0 aliphatic heterocycles. The summed E-state index contributed by atoms with van der Waals surface area (Å²) in [5, 5.41) is 8.93. The van der Waals surface area contributed by atoms with E-state index in [1.807, 2.05) is 0 Å². The second-order valence-corrected chi connectivity index (χ2v) is 3.91. The summed E-state index contributed by atoms with van der Waals surface area (Å²) in [5.41, 5.74) is -0.194. The molecule has 0 spiro atoms. The van der Waals surface area contributed by atoms with Gasteiger partial charge in [0.05, 0.1) is 11.5 Å². The Morgan fingerprint density at radius 2 is 2.06 bits per heavy atom. The van der Waals surface area contributed by atoms with Gasteiger partial charge in [-0.2, -0.15) is 13.2 Å². The van der Waals surface area contributed by atoms with Crippen LogP contribution in [0.15, 0.2) is 23.2 Å². The molecule has 0 saturated carbocycles.